The first-order valence-electron chi connectivity index (χ1n) is 12.1. The van der Waals surface area contributed by atoms with Gasteiger partial charge in [-0.25, -0.2) is 9.38 Å². The summed E-state index contributed by atoms with van der Waals surface area (Å²) in [4.78, 5) is 9.21. The summed E-state index contributed by atoms with van der Waals surface area (Å²) in [5.74, 6) is 0.577. The van der Waals surface area contributed by atoms with Crippen molar-refractivity contribution < 1.29 is 14.2 Å². The van der Waals surface area contributed by atoms with Gasteiger partial charge in [0.25, 0.3) is 0 Å². The van der Waals surface area contributed by atoms with E-state index in [4.69, 9.17) is 9.73 Å². The highest BCUT2D eigenvalue weighted by atomic mass is 127. The maximum absolute atomic E-state index is 14.7. The van der Waals surface area contributed by atoms with Gasteiger partial charge in [0, 0.05) is 59.0 Å². The molecule has 0 unspecified atom stereocenters. The highest BCUT2D eigenvalue weighted by Crippen LogP contribution is 2.24. The van der Waals surface area contributed by atoms with Crippen LogP contribution in [0.25, 0.3) is 0 Å². The minimum absolute atomic E-state index is 0. The van der Waals surface area contributed by atoms with Crippen LogP contribution in [-0.2, 0) is 11.3 Å². The Hall–Kier alpha value is -1.17. The molecule has 0 spiro atoms. The molecule has 2 saturated heterocycles. The molecule has 0 aromatic heterocycles. The molecule has 1 aromatic carbocycles. The van der Waals surface area contributed by atoms with Gasteiger partial charge in [0.2, 0.25) is 0 Å². The van der Waals surface area contributed by atoms with Gasteiger partial charge in [0.1, 0.15) is 5.82 Å². The third-order valence-electron chi connectivity index (χ3n) is 6.33. The average Bonchev–Trinajstić information content (AvgIpc) is 2.80. The Labute approximate surface area is 215 Å². The summed E-state index contributed by atoms with van der Waals surface area (Å²) >= 11 is 0. The summed E-state index contributed by atoms with van der Waals surface area (Å²) < 4.78 is 19.9. The summed E-state index contributed by atoms with van der Waals surface area (Å²) in [5.41, 5.74) is 1.47. The molecule has 2 fully saturated rings. The van der Waals surface area contributed by atoms with Crippen LogP contribution in [0.4, 0.5) is 10.1 Å². The Balaban J connectivity index is 0.00000385. The molecule has 3 N–H and O–H groups in total. The molecular formula is C24H41FIN5O2. The van der Waals surface area contributed by atoms with Crippen molar-refractivity contribution in [2.75, 3.05) is 57.9 Å². The smallest absolute Gasteiger partial charge is 0.191 e. The van der Waals surface area contributed by atoms with Crippen molar-refractivity contribution >= 4 is 35.6 Å². The summed E-state index contributed by atoms with van der Waals surface area (Å²) in [6, 6.07) is 5.79. The zero-order valence-corrected chi connectivity index (χ0v) is 22.4. The maximum Gasteiger partial charge on any atom is 0.191 e. The molecule has 0 amide bonds. The van der Waals surface area contributed by atoms with Crippen LogP contribution in [0.5, 0.6) is 0 Å². The van der Waals surface area contributed by atoms with Gasteiger partial charge in [-0.05, 0) is 56.7 Å². The van der Waals surface area contributed by atoms with E-state index in [1.54, 1.807) is 13.2 Å². The van der Waals surface area contributed by atoms with Crippen molar-refractivity contribution in [3.63, 3.8) is 0 Å². The van der Waals surface area contributed by atoms with Crippen LogP contribution in [0.1, 0.15) is 44.6 Å². The Kier molecular flexibility index (Phi) is 12.7. The van der Waals surface area contributed by atoms with E-state index in [-0.39, 0.29) is 35.9 Å². The van der Waals surface area contributed by atoms with Gasteiger partial charge in [0.05, 0.1) is 18.3 Å². The molecule has 33 heavy (non-hydrogen) atoms. The number of benzene rings is 1. The number of rotatable bonds is 9. The van der Waals surface area contributed by atoms with Crippen LogP contribution in [0.2, 0.25) is 0 Å². The number of nitrogens with one attached hydrogen (secondary N) is 2. The maximum atomic E-state index is 14.7. The van der Waals surface area contributed by atoms with Crippen LogP contribution in [0.15, 0.2) is 23.2 Å². The fraction of sp³-hybridized carbons (Fsp3) is 0.708. The van der Waals surface area contributed by atoms with E-state index < -0.39 is 0 Å². The number of methoxy groups -OCH3 is 1. The van der Waals surface area contributed by atoms with E-state index >= 15 is 0 Å². The fourth-order valence-corrected chi connectivity index (χ4v) is 4.43. The molecule has 2 aliphatic rings. The lowest BCUT2D eigenvalue weighted by molar-refractivity contribution is 0.145. The van der Waals surface area contributed by atoms with Crippen molar-refractivity contribution in [3.05, 3.63) is 29.6 Å². The Bertz CT molecular complexity index is 723. The Morgan fingerprint density at radius 3 is 2.55 bits per heavy atom. The van der Waals surface area contributed by atoms with Crippen molar-refractivity contribution in [3.8, 4) is 0 Å². The van der Waals surface area contributed by atoms with Crippen LogP contribution in [0.3, 0.4) is 0 Å². The van der Waals surface area contributed by atoms with E-state index in [0.717, 1.165) is 63.6 Å². The van der Waals surface area contributed by atoms with Gasteiger partial charge in [-0.3, -0.25) is 0 Å². The highest BCUT2D eigenvalue weighted by Gasteiger charge is 2.21. The lowest BCUT2D eigenvalue weighted by Crippen LogP contribution is -2.48. The predicted molar refractivity (Wildman–Crippen MR) is 143 cm³/mol. The number of likely N-dealkylation sites (tertiary alicyclic amines) is 1. The summed E-state index contributed by atoms with van der Waals surface area (Å²) in [5, 5.41) is 16.6. The third-order valence-corrected chi connectivity index (χ3v) is 6.33. The average molecular weight is 578 g/mol. The van der Waals surface area contributed by atoms with E-state index in [2.05, 4.69) is 22.5 Å². The highest BCUT2D eigenvalue weighted by molar-refractivity contribution is 14.0. The summed E-state index contributed by atoms with van der Waals surface area (Å²) in [6.45, 7) is 8.73. The number of piperidine rings is 2. The number of anilines is 1. The van der Waals surface area contributed by atoms with Crippen LogP contribution >= 0.6 is 24.0 Å². The van der Waals surface area contributed by atoms with Crippen molar-refractivity contribution in [2.45, 2.75) is 57.7 Å². The van der Waals surface area contributed by atoms with Crippen LogP contribution in [0, 0.1) is 5.82 Å². The predicted octanol–water partition coefficient (Wildman–Crippen LogP) is 2.96. The molecule has 2 aliphatic heterocycles. The zero-order chi connectivity index (χ0) is 22.8. The summed E-state index contributed by atoms with van der Waals surface area (Å²) in [7, 11) is 1.75. The number of halogens is 2. The zero-order valence-electron chi connectivity index (χ0n) is 20.1. The first-order chi connectivity index (χ1) is 15.6. The van der Waals surface area contributed by atoms with Gasteiger partial charge in [-0.2, -0.15) is 0 Å². The number of hydrogen-bond donors (Lipinski definition) is 3. The van der Waals surface area contributed by atoms with Crippen LogP contribution in [-0.4, -0.2) is 81.1 Å². The number of aliphatic hydroxyl groups excluding tert-OH is 1. The molecule has 9 heteroatoms. The fourth-order valence-electron chi connectivity index (χ4n) is 4.43. The van der Waals surface area contributed by atoms with Gasteiger partial charge in [-0.15, -0.1) is 24.0 Å². The van der Waals surface area contributed by atoms with Gasteiger partial charge < -0.3 is 30.3 Å². The number of nitrogens with zero attached hydrogens (tertiary/aromatic N) is 3. The molecule has 2 heterocycles. The van der Waals surface area contributed by atoms with Crippen molar-refractivity contribution in [1.29, 1.82) is 0 Å². The quantitative estimate of drug-likeness (QED) is 0.182. The standard InChI is InChI=1S/C24H40FN5O2.HI/c1-3-26-24(28-20-7-12-29(13-8-20)11-4-16-32-2)27-18-19-5-6-23(22(25)17-19)30-14-9-21(31)10-15-30;/h5-6,17,20-21,31H,3-4,7-16,18H2,1-2H3,(H2,26,27,28);1H. The monoisotopic (exact) mass is 577 g/mol. The molecule has 3 rings (SSSR count). The second-order valence-corrected chi connectivity index (χ2v) is 8.81. The largest absolute Gasteiger partial charge is 0.393 e. The van der Waals surface area contributed by atoms with E-state index in [0.29, 0.717) is 44.2 Å². The SMILES string of the molecule is CCNC(=NCc1ccc(N2CCC(O)CC2)c(F)c1)NC1CCN(CCCOC)CC1.I. The number of aliphatic hydroxyl groups is 1. The lowest BCUT2D eigenvalue weighted by atomic mass is 10.1. The molecule has 1 aromatic rings. The van der Waals surface area contributed by atoms with E-state index in [1.165, 1.54) is 0 Å². The van der Waals surface area contributed by atoms with Gasteiger partial charge in [0.15, 0.2) is 5.96 Å². The van der Waals surface area contributed by atoms with Gasteiger partial charge in [-0.1, -0.05) is 6.07 Å². The molecule has 0 radical (unpaired) electrons. The van der Waals surface area contributed by atoms with E-state index in [9.17, 15) is 9.50 Å². The number of ether oxygens (including phenoxy) is 1. The number of hydrogen-bond acceptors (Lipinski definition) is 5. The molecule has 0 saturated carbocycles. The van der Waals surface area contributed by atoms with Crippen molar-refractivity contribution in [1.82, 2.24) is 15.5 Å². The molecule has 0 bridgehead atoms. The normalized spacial score (nSPS) is 18.8. The molecule has 7 nitrogen and oxygen atoms in total. The van der Waals surface area contributed by atoms with E-state index in [1.807, 2.05) is 17.0 Å². The molecular weight excluding hydrogens is 536 g/mol. The molecule has 0 atom stereocenters. The first-order valence-corrected chi connectivity index (χ1v) is 12.1. The number of aliphatic imine (C=N–C) groups is 1. The Morgan fingerprint density at radius 1 is 1.18 bits per heavy atom. The minimum atomic E-state index is -0.261. The molecule has 0 aliphatic carbocycles. The lowest BCUT2D eigenvalue weighted by Gasteiger charge is -2.33. The third kappa shape index (κ3) is 9.18. The number of guanidine groups is 1. The van der Waals surface area contributed by atoms with Crippen molar-refractivity contribution in [2.24, 2.45) is 4.99 Å². The minimum Gasteiger partial charge on any atom is -0.393 e. The second-order valence-electron chi connectivity index (χ2n) is 8.81. The molecule has 188 valence electrons. The topological polar surface area (TPSA) is 72.4 Å². The summed E-state index contributed by atoms with van der Waals surface area (Å²) in [6.07, 6.45) is 4.37. The van der Waals surface area contributed by atoms with Crippen LogP contribution < -0.4 is 15.5 Å². The first kappa shape index (κ1) is 28.1. The van der Waals surface area contributed by atoms with Gasteiger partial charge >= 0.3 is 0 Å². The second kappa shape index (κ2) is 15.0. The Morgan fingerprint density at radius 2 is 1.91 bits per heavy atom.